The largest absolute Gasteiger partial charge is 0.359 e. The molecule has 0 atom stereocenters. The summed E-state index contributed by atoms with van der Waals surface area (Å²) in [5.74, 6) is 0. The maximum absolute atomic E-state index is 4.06. The van der Waals surface area contributed by atoms with Crippen LogP contribution in [-0.2, 0) is 0 Å². The Kier molecular flexibility index (Phi) is 2.97. The Bertz CT molecular complexity index is 301. The summed E-state index contributed by atoms with van der Waals surface area (Å²) in [4.78, 5) is 0. The third-order valence-corrected chi connectivity index (χ3v) is 5.00. The van der Waals surface area contributed by atoms with Gasteiger partial charge in [0.15, 0.2) is 0 Å². The van der Waals surface area contributed by atoms with E-state index in [1.807, 2.05) is 18.7 Å². The van der Waals surface area contributed by atoms with Gasteiger partial charge < -0.3 is 5.32 Å². The second kappa shape index (κ2) is 4.06. The lowest BCUT2D eigenvalue weighted by molar-refractivity contribution is 0.380. The normalized spacial score (nSPS) is 19.0. The molecule has 1 aromatic heterocycles. The molecule has 1 heterocycles. The molecule has 1 aliphatic rings. The highest BCUT2D eigenvalue weighted by Gasteiger charge is 2.35. The van der Waals surface area contributed by atoms with Gasteiger partial charge in [0.05, 0.1) is 0 Å². The number of nitrogens with one attached hydrogen (secondary N) is 1. The van der Waals surface area contributed by atoms with Crippen LogP contribution in [0.15, 0.2) is 0 Å². The highest BCUT2D eigenvalue weighted by Crippen LogP contribution is 2.42. The number of nitrogens with zero attached hydrogens (tertiary/aromatic N) is 2. The van der Waals surface area contributed by atoms with Crippen LogP contribution in [-0.4, -0.2) is 27.7 Å². The van der Waals surface area contributed by atoms with Crippen molar-refractivity contribution in [1.82, 2.24) is 10.2 Å². The van der Waals surface area contributed by atoms with Crippen LogP contribution in [0.4, 0.5) is 5.13 Å². The molecule has 1 N–H and O–H groups in total. The van der Waals surface area contributed by atoms with E-state index in [0.29, 0.717) is 4.75 Å². The molecule has 78 valence electrons. The lowest BCUT2D eigenvalue weighted by Crippen LogP contribution is -2.40. The fourth-order valence-corrected chi connectivity index (χ4v) is 3.13. The van der Waals surface area contributed by atoms with E-state index in [-0.39, 0.29) is 0 Å². The monoisotopic (exact) mass is 229 g/mol. The van der Waals surface area contributed by atoms with Gasteiger partial charge in [0.1, 0.15) is 5.01 Å². The van der Waals surface area contributed by atoms with E-state index < -0.39 is 0 Å². The van der Waals surface area contributed by atoms with Crippen molar-refractivity contribution in [2.75, 3.05) is 18.1 Å². The van der Waals surface area contributed by atoms with Gasteiger partial charge in [-0.15, -0.1) is 10.2 Å². The zero-order valence-electron chi connectivity index (χ0n) is 8.54. The van der Waals surface area contributed by atoms with E-state index in [1.165, 1.54) is 19.3 Å². The summed E-state index contributed by atoms with van der Waals surface area (Å²) in [7, 11) is 0. The molecule has 0 aromatic carbocycles. The van der Waals surface area contributed by atoms with E-state index in [1.54, 1.807) is 11.3 Å². The molecule has 14 heavy (non-hydrogen) atoms. The summed E-state index contributed by atoms with van der Waals surface area (Å²) in [6.07, 6.45) is 6.24. The lowest BCUT2D eigenvalue weighted by atomic mass is 9.84. The Hall–Kier alpha value is -0.290. The third kappa shape index (κ3) is 2.03. The summed E-state index contributed by atoms with van der Waals surface area (Å²) in [5.41, 5.74) is 0. The fourth-order valence-electron chi connectivity index (χ4n) is 1.63. The average molecular weight is 229 g/mol. The number of hydrogen-bond donors (Lipinski definition) is 1. The van der Waals surface area contributed by atoms with Crippen LogP contribution in [0.1, 0.15) is 24.3 Å². The Morgan fingerprint density at radius 1 is 1.50 bits per heavy atom. The molecular formula is C9H15N3S2. The molecule has 0 spiro atoms. The van der Waals surface area contributed by atoms with Crippen LogP contribution in [0.5, 0.6) is 0 Å². The number of anilines is 1. The van der Waals surface area contributed by atoms with Crippen molar-refractivity contribution < 1.29 is 0 Å². The molecule has 1 saturated carbocycles. The maximum Gasteiger partial charge on any atom is 0.205 e. The smallest absolute Gasteiger partial charge is 0.205 e. The van der Waals surface area contributed by atoms with Gasteiger partial charge in [-0.1, -0.05) is 17.8 Å². The first kappa shape index (κ1) is 10.2. The van der Waals surface area contributed by atoms with Crippen LogP contribution in [0.2, 0.25) is 0 Å². The van der Waals surface area contributed by atoms with Gasteiger partial charge in [0.2, 0.25) is 5.13 Å². The highest BCUT2D eigenvalue weighted by atomic mass is 32.2. The van der Waals surface area contributed by atoms with Gasteiger partial charge in [0.25, 0.3) is 0 Å². The Morgan fingerprint density at radius 2 is 2.29 bits per heavy atom. The number of thioether (sulfide) groups is 1. The number of hydrogen-bond acceptors (Lipinski definition) is 5. The molecule has 0 unspecified atom stereocenters. The molecule has 2 rings (SSSR count). The number of rotatable bonds is 4. The summed E-state index contributed by atoms with van der Waals surface area (Å²) in [6.45, 7) is 3.01. The molecule has 1 aliphatic carbocycles. The second-order valence-electron chi connectivity index (χ2n) is 3.72. The minimum absolute atomic E-state index is 0.472. The molecule has 0 amide bonds. The van der Waals surface area contributed by atoms with Crippen molar-refractivity contribution in [3.63, 3.8) is 0 Å². The Balaban J connectivity index is 1.87. The van der Waals surface area contributed by atoms with E-state index in [0.717, 1.165) is 16.7 Å². The van der Waals surface area contributed by atoms with Gasteiger partial charge in [-0.3, -0.25) is 0 Å². The van der Waals surface area contributed by atoms with Crippen molar-refractivity contribution in [3.8, 4) is 0 Å². The van der Waals surface area contributed by atoms with Crippen LogP contribution in [0.25, 0.3) is 0 Å². The molecular weight excluding hydrogens is 214 g/mol. The van der Waals surface area contributed by atoms with E-state index in [4.69, 9.17) is 0 Å². The molecule has 0 bridgehead atoms. The quantitative estimate of drug-likeness (QED) is 0.861. The fraction of sp³-hybridized carbons (Fsp3) is 0.778. The van der Waals surface area contributed by atoms with E-state index in [9.17, 15) is 0 Å². The number of aromatic nitrogens is 2. The van der Waals surface area contributed by atoms with Gasteiger partial charge >= 0.3 is 0 Å². The van der Waals surface area contributed by atoms with Gasteiger partial charge in [-0.2, -0.15) is 11.8 Å². The summed E-state index contributed by atoms with van der Waals surface area (Å²) >= 11 is 3.61. The molecule has 1 fully saturated rings. The van der Waals surface area contributed by atoms with E-state index in [2.05, 4.69) is 21.8 Å². The predicted octanol–water partition coefficient (Wildman–Crippen LogP) is 2.54. The van der Waals surface area contributed by atoms with Crippen LogP contribution < -0.4 is 5.32 Å². The molecule has 1 aromatic rings. The third-order valence-electron chi connectivity index (χ3n) is 2.79. The number of aryl methyl sites for hydroxylation is 1. The molecule has 0 radical (unpaired) electrons. The molecule has 0 aliphatic heterocycles. The Morgan fingerprint density at radius 3 is 2.71 bits per heavy atom. The SMILES string of the molecule is CSC1(CNc2nnc(C)s2)CCC1. The summed E-state index contributed by atoms with van der Waals surface area (Å²) < 4.78 is 0.472. The van der Waals surface area contributed by atoms with Crippen molar-refractivity contribution in [2.24, 2.45) is 0 Å². The Labute approximate surface area is 92.7 Å². The standard InChI is InChI=1S/C9H15N3S2/c1-7-11-12-8(14-7)10-6-9(13-2)4-3-5-9/h3-6H2,1-2H3,(H,10,12). The van der Waals surface area contributed by atoms with Crippen LogP contribution in [0, 0.1) is 6.92 Å². The topological polar surface area (TPSA) is 37.8 Å². The van der Waals surface area contributed by atoms with Crippen molar-refractivity contribution in [3.05, 3.63) is 5.01 Å². The minimum atomic E-state index is 0.472. The van der Waals surface area contributed by atoms with Gasteiger partial charge in [0, 0.05) is 11.3 Å². The van der Waals surface area contributed by atoms with Gasteiger partial charge in [-0.05, 0) is 26.0 Å². The van der Waals surface area contributed by atoms with Crippen molar-refractivity contribution >= 4 is 28.2 Å². The second-order valence-corrected chi connectivity index (χ2v) is 6.18. The van der Waals surface area contributed by atoms with E-state index >= 15 is 0 Å². The summed E-state index contributed by atoms with van der Waals surface area (Å²) in [6, 6.07) is 0. The highest BCUT2D eigenvalue weighted by molar-refractivity contribution is 8.00. The zero-order chi connectivity index (χ0) is 10.0. The molecule has 0 saturated heterocycles. The van der Waals surface area contributed by atoms with Crippen LogP contribution in [0.3, 0.4) is 0 Å². The van der Waals surface area contributed by atoms with Crippen LogP contribution >= 0.6 is 23.1 Å². The first-order valence-corrected chi connectivity index (χ1v) is 6.87. The first-order chi connectivity index (χ1) is 6.74. The lowest BCUT2D eigenvalue weighted by Gasteiger charge is -2.40. The molecule has 3 nitrogen and oxygen atoms in total. The van der Waals surface area contributed by atoms with Crippen molar-refractivity contribution in [2.45, 2.75) is 30.9 Å². The molecule has 5 heteroatoms. The van der Waals surface area contributed by atoms with Crippen molar-refractivity contribution in [1.29, 1.82) is 0 Å². The average Bonchev–Trinajstić information content (AvgIpc) is 2.50. The predicted molar refractivity (Wildman–Crippen MR) is 63.2 cm³/mol. The first-order valence-electron chi connectivity index (χ1n) is 4.83. The van der Waals surface area contributed by atoms with Gasteiger partial charge in [-0.25, -0.2) is 0 Å². The maximum atomic E-state index is 4.06. The summed E-state index contributed by atoms with van der Waals surface area (Å²) in [5, 5.41) is 13.4. The minimum Gasteiger partial charge on any atom is -0.359 e. The zero-order valence-corrected chi connectivity index (χ0v) is 10.2.